The lowest BCUT2D eigenvalue weighted by molar-refractivity contribution is -0.305. The Morgan fingerprint density at radius 2 is 1.78 bits per heavy atom. The van der Waals surface area contributed by atoms with Gasteiger partial charge in [-0.05, 0) is 100 Å². The van der Waals surface area contributed by atoms with Crippen molar-refractivity contribution in [3.63, 3.8) is 0 Å². The van der Waals surface area contributed by atoms with E-state index in [1.54, 1.807) is 13.0 Å². The third kappa shape index (κ3) is 5.40. The Balaban J connectivity index is 1.96. The Labute approximate surface area is 198 Å². The normalized spacial score (nSPS) is 11.8. The number of aryl methyl sites for hydroxylation is 2. The molecule has 0 atom stereocenters. The van der Waals surface area contributed by atoms with Crippen molar-refractivity contribution in [2.24, 2.45) is 0 Å². The molecule has 0 fully saturated rings. The number of furan rings is 1. The maximum absolute atomic E-state index is 12.8. The summed E-state index contributed by atoms with van der Waals surface area (Å²) in [6.07, 6.45) is -4.64. The number of aliphatic carboxylic acids is 1. The van der Waals surface area contributed by atoms with Crippen molar-refractivity contribution in [3.8, 4) is 11.5 Å². The Hall–Kier alpha value is -2.20. The Morgan fingerprint density at radius 1 is 1.09 bits per heavy atom. The fourth-order valence-electron chi connectivity index (χ4n) is 3.37. The predicted molar refractivity (Wildman–Crippen MR) is 117 cm³/mol. The lowest BCUT2D eigenvalue weighted by Crippen LogP contribution is -2.22. The van der Waals surface area contributed by atoms with Crippen molar-refractivity contribution < 1.29 is 37.0 Å². The van der Waals surface area contributed by atoms with Crippen molar-refractivity contribution >= 4 is 48.8 Å². The van der Waals surface area contributed by atoms with Crippen molar-refractivity contribution in [2.45, 2.75) is 46.6 Å². The zero-order chi connectivity index (χ0) is 23.8. The van der Waals surface area contributed by atoms with Gasteiger partial charge in [-0.15, -0.1) is 13.2 Å². The third-order valence-electron chi connectivity index (χ3n) is 5.05. The summed E-state index contributed by atoms with van der Waals surface area (Å²) in [5, 5.41) is 11.2. The molecule has 0 spiro atoms. The highest BCUT2D eigenvalue weighted by Crippen LogP contribution is 2.39. The second-order valence-electron chi connectivity index (χ2n) is 7.24. The molecule has 3 rings (SSSR count). The molecule has 0 aliphatic carbocycles. The van der Waals surface area contributed by atoms with E-state index in [0.29, 0.717) is 43.4 Å². The van der Waals surface area contributed by atoms with E-state index in [0.717, 1.165) is 16.7 Å². The number of carbonyl (C=O) groups is 1. The fraction of sp³-hybridized carbons (Fsp3) is 0.318. The minimum absolute atomic E-state index is 0.0811. The summed E-state index contributed by atoms with van der Waals surface area (Å²) in [6, 6.07) is 4.26. The maximum atomic E-state index is 12.8. The van der Waals surface area contributed by atoms with Gasteiger partial charge in [0.15, 0.2) is 0 Å². The van der Waals surface area contributed by atoms with E-state index in [-0.39, 0.29) is 18.8 Å². The molecule has 32 heavy (non-hydrogen) atoms. The van der Waals surface area contributed by atoms with E-state index < -0.39 is 12.3 Å². The van der Waals surface area contributed by atoms with Gasteiger partial charge in [0, 0.05) is 16.9 Å². The van der Waals surface area contributed by atoms with Gasteiger partial charge in [0.2, 0.25) is 0 Å². The summed E-state index contributed by atoms with van der Waals surface area (Å²) in [6.45, 7) is 5.28. The smallest absolute Gasteiger partial charge is 0.550 e. The number of hydrogen-bond acceptors (Lipinski definition) is 5. The first-order valence-corrected chi connectivity index (χ1v) is 11.0. The summed E-state index contributed by atoms with van der Waals surface area (Å²) < 4.78 is 55.3. The molecule has 1 aromatic heterocycles. The highest BCUT2D eigenvalue weighted by Gasteiger charge is 2.32. The lowest BCUT2D eigenvalue weighted by Gasteiger charge is -2.17. The number of alkyl halides is 3. The largest absolute Gasteiger partial charge is 0.573 e. The average Bonchev–Trinajstić information content (AvgIpc) is 2.96. The minimum Gasteiger partial charge on any atom is -0.550 e. The van der Waals surface area contributed by atoms with Gasteiger partial charge >= 0.3 is 6.36 Å². The molecule has 0 N–H and O–H groups in total. The van der Waals surface area contributed by atoms with Crippen LogP contribution < -0.4 is 14.6 Å². The molecule has 0 aliphatic rings. The second kappa shape index (κ2) is 9.35. The number of fused-ring (bicyclic) bond motifs is 1. The molecule has 0 amide bonds. The third-order valence-corrected chi connectivity index (χ3v) is 6.62. The molecule has 0 saturated carbocycles. The monoisotopic (exact) mass is 577 g/mol. The van der Waals surface area contributed by atoms with Gasteiger partial charge in [0.05, 0.1) is 8.95 Å². The van der Waals surface area contributed by atoms with E-state index in [1.165, 1.54) is 12.1 Å². The van der Waals surface area contributed by atoms with E-state index in [4.69, 9.17) is 9.15 Å². The van der Waals surface area contributed by atoms with Crippen LogP contribution in [0.5, 0.6) is 11.5 Å². The van der Waals surface area contributed by atoms with E-state index in [1.807, 2.05) is 13.8 Å². The first-order valence-electron chi connectivity index (χ1n) is 9.46. The van der Waals surface area contributed by atoms with Crippen molar-refractivity contribution in [1.82, 2.24) is 0 Å². The molecule has 0 saturated heterocycles. The highest BCUT2D eigenvalue weighted by molar-refractivity contribution is 9.11. The number of carboxylic acid groups (broad SMARTS) is 1. The molecular weight excluding hydrogens is 561 g/mol. The van der Waals surface area contributed by atoms with Gasteiger partial charge in [0.1, 0.15) is 29.4 Å². The van der Waals surface area contributed by atoms with Crippen molar-refractivity contribution in [2.75, 3.05) is 0 Å². The zero-order valence-electron chi connectivity index (χ0n) is 17.3. The van der Waals surface area contributed by atoms with Crippen LogP contribution in [0.25, 0.3) is 11.0 Å². The zero-order valence-corrected chi connectivity index (χ0v) is 20.5. The SMILES string of the molecule is Cc1oc2c(COc3c(Br)cc(CCC(=O)[O-])c(C)c3C)cc(OC(F)(F)F)cc2c1Br. The molecule has 2 aromatic carbocycles. The average molecular weight is 579 g/mol. The number of ether oxygens (including phenoxy) is 2. The summed E-state index contributed by atoms with van der Waals surface area (Å²) in [4.78, 5) is 10.8. The number of benzene rings is 2. The molecule has 172 valence electrons. The minimum atomic E-state index is -4.84. The van der Waals surface area contributed by atoms with Crippen LogP contribution in [0.3, 0.4) is 0 Å². The Morgan fingerprint density at radius 3 is 2.41 bits per heavy atom. The van der Waals surface area contributed by atoms with Crippen LogP contribution in [0.15, 0.2) is 31.6 Å². The first kappa shape index (κ1) is 24.4. The first-order chi connectivity index (χ1) is 14.9. The second-order valence-corrected chi connectivity index (χ2v) is 8.88. The summed E-state index contributed by atoms with van der Waals surface area (Å²) in [7, 11) is 0. The Bertz CT molecular complexity index is 1180. The van der Waals surface area contributed by atoms with Crippen LogP contribution in [0, 0.1) is 20.8 Å². The molecule has 0 bridgehead atoms. The van der Waals surface area contributed by atoms with E-state index in [2.05, 4.69) is 36.6 Å². The number of carboxylic acids is 1. The predicted octanol–water partition coefficient (Wildman–Crippen LogP) is 6.04. The number of halogens is 5. The summed E-state index contributed by atoms with van der Waals surface area (Å²) >= 11 is 6.78. The quantitative estimate of drug-likeness (QED) is 0.342. The molecule has 10 heteroatoms. The van der Waals surface area contributed by atoms with Crippen LogP contribution in [0.2, 0.25) is 0 Å². The van der Waals surface area contributed by atoms with Crippen LogP contribution >= 0.6 is 31.9 Å². The molecule has 0 unspecified atom stereocenters. The molecule has 0 aliphatic heterocycles. The highest BCUT2D eigenvalue weighted by atomic mass is 79.9. The van der Waals surface area contributed by atoms with Crippen LogP contribution in [0.1, 0.15) is 34.4 Å². The fourth-order valence-corrected chi connectivity index (χ4v) is 4.43. The molecular formula is C22H18Br2F3O5-. The number of hydrogen-bond donors (Lipinski definition) is 0. The molecule has 0 radical (unpaired) electrons. The standard InChI is InChI=1S/C22H19Br2F3O5/c1-10-11(2)20(17(23)7-13(10)4-5-18(28)29)30-9-14-6-15(32-22(25,26)27)8-16-19(24)12(3)31-21(14)16/h6-8H,4-5,9H2,1-3H3,(H,28,29)/p-1. The maximum Gasteiger partial charge on any atom is 0.573 e. The van der Waals surface area contributed by atoms with Gasteiger partial charge in [-0.1, -0.05) is 0 Å². The van der Waals surface area contributed by atoms with Gasteiger partial charge < -0.3 is 23.8 Å². The molecule has 5 nitrogen and oxygen atoms in total. The number of rotatable bonds is 7. The van der Waals surface area contributed by atoms with Crippen LogP contribution in [0.4, 0.5) is 13.2 Å². The lowest BCUT2D eigenvalue weighted by atomic mass is 9.99. The van der Waals surface area contributed by atoms with Crippen molar-refractivity contribution in [1.29, 1.82) is 0 Å². The van der Waals surface area contributed by atoms with Gasteiger partial charge in [-0.3, -0.25) is 0 Å². The van der Waals surface area contributed by atoms with Gasteiger partial charge in [-0.25, -0.2) is 0 Å². The summed E-state index contributed by atoms with van der Waals surface area (Å²) in [5.74, 6) is -0.508. The van der Waals surface area contributed by atoms with Crippen LogP contribution in [-0.4, -0.2) is 12.3 Å². The van der Waals surface area contributed by atoms with E-state index in [9.17, 15) is 23.1 Å². The van der Waals surface area contributed by atoms with E-state index >= 15 is 0 Å². The van der Waals surface area contributed by atoms with Crippen LogP contribution in [-0.2, 0) is 17.8 Å². The van der Waals surface area contributed by atoms with Gasteiger partial charge in [-0.2, -0.15) is 0 Å². The summed E-state index contributed by atoms with van der Waals surface area (Å²) in [5.41, 5.74) is 3.24. The van der Waals surface area contributed by atoms with Crippen molar-refractivity contribution in [3.05, 3.63) is 55.2 Å². The van der Waals surface area contributed by atoms with Gasteiger partial charge in [0.25, 0.3) is 0 Å². The number of carbonyl (C=O) groups excluding carboxylic acids is 1. The topological polar surface area (TPSA) is 71.7 Å². The Kier molecular flexibility index (Phi) is 7.14. The molecule has 3 aromatic rings. The molecule has 1 heterocycles.